The lowest BCUT2D eigenvalue weighted by atomic mass is 10.3. The lowest BCUT2D eigenvalue weighted by Gasteiger charge is -2.17. The van der Waals surface area contributed by atoms with Crippen molar-refractivity contribution in [2.75, 3.05) is 6.26 Å². The topological polar surface area (TPSA) is 204 Å². The van der Waals surface area contributed by atoms with Crippen molar-refractivity contribution in [3.63, 3.8) is 0 Å². The third-order valence-corrected chi connectivity index (χ3v) is 7.45. The third-order valence-electron chi connectivity index (χ3n) is 4.08. The van der Waals surface area contributed by atoms with Crippen molar-refractivity contribution in [2.45, 2.75) is 0 Å². The summed E-state index contributed by atoms with van der Waals surface area (Å²) in [5.41, 5.74) is -0.826. The highest BCUT2D eigenvalue weighted by Gasteiger charge is 2.32. The number of non-ortho nitro benzene ring substituents is 3. The Morgan fingerprint density at radius 3 is 1.28 bits per heavy atom. The van der Waals surface area contributed by atoms with Crippen molar-refractivity contribution in [1.29, 1.82) is 0 Å². The Kier molecular flexibility index (Phi) is 7.50. The van der Waals surface area contributed by atoms with Crippen molar-refractivity contribution in [1.82, 2.24) is 0 Å². The van der Waals surface area contributed by atoms with Gasteiger partial charge in [0.1, 0.15) is 17.2 Å². The Hall–Kier alpha value is -4.56. The van der Waals surface area contributed by atoms with Crippen LogP contribution in [0.1, 0.15) is 0 Å². The summed E-state index contributed by atoms with van der Waals surface area (Å²) in [6, 6.07) is 13.1. The molecule has 15 nitrogen and oxygen atoms in total. The molecule has 3 aromatic rings. The summed E-state index contributed by atoms with van der Waals surface area (Å²) < 4.78 is 46.0. The van der Waals surface area contributed by atoms with Gasteiger partial charge in [0.05, 0.1) is 21.0 Å². The predicted molar refractivity (Wildman–Crippen MR) is 125 cm³/mol. The summed E-state index contributed by atoms with van der Waals surface area (Å²) in [7, 11) is -8.58. The number of benzene rings is 3. The van der Waals surface area contributed by atoms with Crippen LogP contribution in [-0.4, -0.2) is 25.2 Å². The molecule has 0 aliphatic rings. The zero-order chi connectivity index (χ0) is 26.5. The molecule has 1 unspecified atom stereocenters. The van der Waals surface area contributed by atoms with Gasteiger partial charge in [0.2, 0.25) is 10.0 Å². The fourth-order valence-corrected chi connectivity index (χ4v) is 5.71. The molecular weight excluding hydrogens is 523 g/mol. The van der Waals surface area contributed by atoms with Crippen molar-refractivity contribution >= 4 is 34.8 Å². The van der Waals surface area contributed by atoms with E-state index in [0.29, 0.717) is 0 Å². The normalized spacial score (nSPS) is 12.6. The van der Waals surface area contributed by atoms with Gasteiger partial charge in [-0.05, 0) is 36.4 Å². The van der Waals surface area contributed by atoms with Crippen LogP contribution in [0.25, 0.3) is 0 Å². The molecule has 0 fully saturated rings. The fourth-order valence-electron chi connectivity index (χ4n) is 2.58. The van der Waals surface area contributed by atoms with Crippen molar-refractivity contribution in [3.8, 4) is 17.2 Å². The van der Waals surface area contributed by atoms with E-state index in [9.17, 15) is 39.1 Å². The molecule has 3 rings (SSSR count). The van der Waals surface area contributed by atoms with E-state index in [2.05, 4.69) is 4.13 Å². The Bertz CT molecular complexity index is 1410. The van der Waals surface area contributed by atoms with Gasteiger partial charge < -0.3 is 13.2 Å². The first kappa shape index (κ1) is 26.1. The van der Waals surface area contributed by atoms with Crippen LogP contribution < -0.4 is 13.2 Å². The molecule has 0 amide bonds. The first-order valence-corrected chi connectivity index (χ1v) is 12.9. The molecule has 1 atom stereocenters. The molecule has 0 heterocycles. The fraction of sp³-hybridized carbons (Fsp3) is 0.0526. The average Bonchev–Trinajstić information content (AvgIpc) is 2.79. The molecule has 0 aliphatic carbocycles. The quantitative estimate of drug-likeness (QED) is 0.189. The largest absolute Gasteiger partial charge is 0.574 e. The van der Waals surface area contributed by atoms with E-state index in [0.717, 1.165) is 79.1 Å². The maximum absolute atomic E-state index is 13.5. The minimum absolute atomic E-state index is 0.103. The molecule has 0 aliphatic heterocycles. The second kappa shape index (κ2) is 10.4. The molecule has 0 spiro atoms. The highest BCUT2D eigenvalue weighted by molar-refractivity contribution is 7.91. The van der Waals surface area contributed by atoms with E-state index in [1.165, 1.54) is 0 Å². The summed E-state index contributed by atoms with van der Waals surface area (Å²) in [4.78, 5) is 30.5. The molecule has 0 radical (unpaired) electrons. The highest BCUT2D eigenvalue weighted by atomic mass is 32.2. The summed E-state index contributed by atoms with van der Waals surface area (Å²) in [6.07, 6.45) is 0.958. The van der Waals surface area contributed by atoms with E-state index in [4.69, 9.17) is 13.2 Å². The van der Waals surface area contributed by atoms with Gasteiger partial charge in [0, 0.05) is 36.4 Å². The SMILES string of the molecule is CS(=O)(=NP(=O)(Oc1ccc([N+](=O)[O-])cc1)Oc1ccc([N+](=O)[O-])cc1)Oc1ccc([N+](=O)[O-])cc1. The number of nitrogens with zero attached hydrogens (tertiary/aromatic N) is 4. The van der Waals surface area contributed by atoms with Crippen LogP contribution in [0, 0.1) is 30.3 Å². The van der Waals surface area contributed by atoms with Gasteiger partial charge in [0.25, 0.3) is 17.1 Å². The first-order chi connectivity index (χ1) is 16.9. The summed E-state index contributed by atoms with van der Waals surface area (Å²) in [6.45, 7) is 0. The number of hydrogen-bond donors (Lipinski definition) is 0. The second-order valence-corrected chi connectivity index (χ2v) is 10.4. The second-order valence-electron chi connectivity index (χ2n) is 6.80. The molecule has 0 bridgehead atoms. The molecule has 0 aromatic heterocycles. The smallest absolute Gasteiger partial charge is 0.399 e. The van der Waals surface area contributed by atoms with Gasteiger partial charge in [0.15, 0.2) is 0 Å². The summed E-state index contributed by atoms with van der Waals surface area (Å²) >= 11 is 0. The van der Waals surface area contributed by atoms with Crippen LogP contribution in [0.15, 0.2) is 76.9 Å². The first-order valence-electron chi connectivity index (χ1n) is 9.51. The van der Waals surface area contributed by atoms with Crippen LogP contribution in [0.2, 0.25) is 0 Å². The minimum Gasteiger partial charge on any atom is -0.399 e. The Morgan fingerprint density at radius 1 is 0.667 bits per heavy atom. The van der Waals surface area contributed by atoms with Gasteiger partial charge in [-0.3, -0.25) is 30.3 Å². The minimum atomic E-state index is -4.75. The molecule has 36 heavy (non-hydrogen) atoms. The van der Waals surface area contributed by atoms with E-state index in [1.54, 1.807) is 0 Å². The van der Waals surface area contributed by atoms with E-state index in [-0.39, 0.29) is 34.3 Å². The zero-order valence-corrected chi connectivity index (χ0v) is 19.8. The number of hydrogen-bond acceptors (Lipinski definition) is 11. The lowest BCUT2D eigenvalue weighted by Crippen LogP contribution is -2.09. The summed E-state index contributed by atoms with van der Waals surface area (Å²) in [5.74, 6) is -0.491. The van der Waals surface area contributed by atoms with Crippen LogP contribution in [0.5, 0.6) is 17.2 Å². The van der Waals surface area contributed by atoms with Gasteiger partial charge in [-0.25, -0.2) is 8.77 Å². The van der Waals surface area contributed by atoms with Crippen LogP contribution in [0.4, 0.5) is 17.1 Å². The molecule has 0 N–H and O–H groups in total. The van der Waals surface area contributed by atoms with Crippen LogP contribution >= 0.6 is 7.75 Å². The van der Waals surface area contributed by atoms with Crippen molar-refractivity contribution in [2.24, 2.45) is 4.13 Å². The standard InChI is InChI=1S/C19H15N4O11PS/c1-36(31,34-19-12-6-16(7-13-19)23(28)29)20-35(30,32-17-8-2-14(3-9-17)21(24)25)33-18-10-4-15(5-11-18)22(26)27/h2-13H,1H3. The van der Waals surface area contributed by atoms with Gasteiger partial charge >= 0.3 is 7.75 Å². The Morgan fingerprint density at radius 2 is 0.972 bits per heavy atom. The van der Waals surface area contributed by atoms with E-state index >= 15 is 0 Å². The Balaban J connectivity index is 1.96. The maximum atomic E-state index is 13.5. The molecule has 3 aromatic carbocycles. The molecule has 0 saturated heterocycles. The van der Waals surface area contributed by atoms with Gasteiger partial charge in [-0.2, -0.15) is 0 Å². The van der Waals surface area contributed by atoms with Crippen LogP contribution in [-0.2, 0) is 14.6 Å². The zero-order valence-electron chi connectivity index (χ0n) is 18.1. The lowest BCUT2D eigenvalue weighted by molar-refractivity contribution is -0.385. The predicted octanol–water partition coefficient (Wildman–Crippen LogP) is 5.07. The molecule has 188 valence electrons. The number of nitro benzene ring substituents is 3. The van der Waals surface area contributed by atoms with Crippen molar-refractivity contribution in [3.05, 3.63) is 103 Å². The molecule has 0 saturated carbocycles. The number of rotatable bonds is 10. The third kappa shape index (κ3) is 6.97. The highest BCUT2D eigenvalue weighted by Crippen LogP contribution is 2.51. The summed E-state index contributed by atoms with van der Waals surface area (Å²) in [5, 5.41) is 32.5. The maximum Gasteiger partial charge on any atom is 0.574 e. The molecular formula is C19H15N4O11PS. The van der Waals surface area contributed by atoms with E-state index < -0.39 is 32.5 Å². The number of nitro groups is 3. The van der Waals surface area contributed by atoms with E-state index in [1.807, 2.05) is 0 Å². The van der Waals surface area contributed by atoms with Gasteiger partial charge in [-0.15, -0.1) is 0 Å². The van der Waals surface area contributed by atoms with Crippen LogP contribution in [0.3, 0.4) is 0 Å². The molecule has 17 heteroatoms. The Labute approximate surface area is 202 Å². The van der Waals surface area contributed by atoms with Gasteiger partial charge in [-0.1, -0.05) is 4.13 Å². The average molecular weight is 538 g/mol. The van der Waals surface area contributed by atoms with Crippen molar-refractivity contribution < 1.29 is 36.8 Å². The monoisotopic (exact) mass is 538 g/mol.